The van der Waals surface area contributed by atoms with E-state index in [0.717, 1.165) is 21.2 Å². The molecule has 5 heteroatoms. The van der Waals surface area contributed by atoms with E-state index in [1.54, 1.807) is 24.2 Å². The van der Waals surface area contributed by atoms with Crippen LogP contribution < -0.4 is 5.73 Å². The lowest BCUT2D eigenvalue weighted by atomic mass is 10.2. The molecule has 17 heavy (non-hydrogen) atoms. The summed E-state index contributed by atoms with van der Waals surface area (Å²) in [5, 5.41) is 0.745. The second-order valence-corrected chi connectivity index (χ2v) is 5.07. The van der Waals surface area contributed by atoms with Crippen LogP contribution in [0.15, 0.2) is 47.9 Å². The highest BCUT2D eigenvalue weighted by molar-refractivity contribution is 7.99. The molecule has 1 aromatic heterocycles. The predicted molar refractivity (Wildman–Crippen MR) is 71.1 cm³/mol. The minimum atomic E-state index is -0.0584. The van der Waals surface area contributed by atoms with Crippen LogP contribution in [0.25, 0.3) is 0 Å². The number of rotatable bonds is 4. The highest BCUT2D eigenvalue weighted by atomic mass is 35.5. The van der Waals surface area contributed by atoms with Crippen molar-refractivity contribution >= 4 is 23.4 Å². The summed E-state index contributed by atoms with van der Waals surface area (Å²) >= 11 is 7.51. The number of thioether (sulfide) groups is 1. The second kappa shape index (κ2) is 6.00. The summed E-state index contributed by atoms with van der Waals surface area (Å²) < 4.78 is 0. The molecule has 0 bridgehead atoms. The van der Waals surface area contributed by atoms with Gasteiger partial charge in [-0.3, -0.25) is 0 Å². The predicted octanol–water partition coefficient (Wildman–Crippen LogP) is 2.92. The zero-order valence-corrected chi connectivity index (χ0v) is 10.7. The molecule has 0 aliphatic rings. The monoisotopic (exact) mass is 265 g/mol. The van der Waals surface area contributed by atoms with E-state index >= 15 is 0 Å². The lowest BCUT2D eigenvalue weighted by molar-refractivity contribution is 0.814. The topological polar surface area (TPSA) is 51.8 Å². The third-order valence-electron chi connectivity index (χ3n) is 2.25. The number of hydrogen-bond acceptors (Lipinski definition) is 4. The van der Waals surface area contributed by atoms with Crippen LogP contribution in [0.2, 0.25) is 5.02 Å². The van der Waals surface area contributed by atoms with Crippen molar-refractivity contribution in [2.24, 2.45) is 5.73 Å². The Labute approximate surface area is 109 Å². The summed E-state index contributed by atoms with van der Waals surface area (Å²) in [4.78, 5) is 9.06. The zero-order valence-electron chi connectivity index (χ0n) is 9.08. The quantitative estimate of drug-likeness (QED) is 0.864. The molecule has 88 valence electrons. The van der Waals surface area contributed by atoms with Gasteiger partial charge in [0.05, 0.1) is 0 Å². The normalized spacial score (nSPS) is 12.4. The molecule has 0 radical (unpaired) electrons. The molecular formula is C12H12ClN3S. The van der Waals surface area contributed by atoms with Gasteiger partial charge in [-0.2, -0.15) is 0 Å². The van der Waals surface area contributed by atoms with Crippen molar-refractivity contribution in [2.45, 2.75) is 10.9 Å². The largest absolute Gasteiger partial charge is 0.323 e. The average Bonchev–Trinajstić information content (AvgIpc) is 2.39. The Kier molecular flexibility index (Phi) is 4.36. The number of hydrogen-bond donors (Lipinski definition) is 1. The second-order valence-electron chi connectivity index (χ2n) is 3.54. The SMILES string of the molecule is NC(CSc1ccc(Cl)cc1)c1cncnc1. The summed E-state index contributed by atoms with van der Waals surface area (Å²) in [6, 6.07) is 7.67. The van der Waals surface area contributed by atoms with Crippen LogP contribution in [0, 0.1) is 0 Å². The Hall–Kier alpha value is -1.10. The van der Waals surface area contributed by atoms with Crippen molar-refractivity contribution in [1.29, 1.82) is 0 Å². The van der Waals surface area contributed by atoms with Crippen LogP contribution in [-0.2, 0) is 0 Å². The molecule has 1 heterocycles. The Morgan fingerprint density at radius 2 is 1.82 bits per heavy atom. The molecule has 1 aromatic carbocycles. The first-order valence-electron chi connectivity index (χ1n) is 5.14. The standard InChI is InChI=1S/C12H12ClN3S/c13-10-1-3-11(4-2-10)17-7-12(14)9-5-15-8-16-6-9/h1-6,8,12H,7,14H2. The van der Waals surface area contributed by atoms with Gasteiger partial charge in [0.1, 0.15) is 6.33 Å². The number of nitrogens with zero attached hydrogens (tertiary/aromatic N) is 2. The minimum Gasteiger partial charge on any atom is -0.323 e. The van der Waals surface area contributed by atoms with E-state index in [1.165, 1.54) is 6.33 Å². The first kappa shape index (κ1) is 12.4. The van der Waals surface area contributed by atoms with Gasteiger partial charge < -0.3 is 5.73 Å². The Bertz CT molecular complexity index is 461. The molecule has 3 nitrogen and oxygen atoms in total. The lowest BCUT2D eigenvalue weighted by Crippen LogP contribution is -2.13. The summed E-state index contributed by atoms with van der Waals surface area (Å²) in [6.45, 7) is 0. The Balaban J connectivity index is 1.92. The maximum absolute atomic E-state index is 6.05. The smallest absolute Gasteiger partial charge is 0.115 e. The molecule has 0 fully saturated rings. The first-order chi connectivity index (χ1) is 8.25. The van der Waals surface area contributed by atoms with Gasteiger partial charge in [-0.15, -0.1) is 11.8 Å². The van der Waals surface area contributed by atoms with Gasteiger partial charge in [-0.1, -0.05) is 11.6 Å². The molecule has 0 aliphatic heterocycles. The van der Waals surface area contributed by atoms with E-state index < -0.39 is 0 Å². The summed E-state index contributed by atoms with van der Waals surface area (Å²) in [5.41, 5.74) is 7.00. The Morgan fingerprint density at radius 1 is 1.18 bits per heavy atom. The van der Waals surface area contributed by atoms with Crippen LogP contribution in [0.1, 0.15) is 11.6 Å². The van der Waals surface area contributed by atoms with Gasteiger partial charge in [0, 0.05) is 39.7 Å². The van der Waals surface area contributed by atoms with Crippen molar-refractivity contribution in [1.82, 2.24) is 9.97 Å². The van der Waals surface area contributed by atoms with E-state index in [9.17, 15) is 0 Å². The zero-order chi connectivity index (χ0) is 12.1. The molecule has 2 aromatic rings. The van der Waals surface area contributed by atoms with Gasteiger partial charge in [0.15, 0.2) is 0 Å². The molecule has 0 saturated heterocycles. The fraction of sp³-hybridized carbons (Fsp3) is 0.167. The molecule has 1 atom stereocenters. The maximum Gasteiger partial charge on any atom is 0.115 e. The van der Waals surface area contributed by atoms with Crippen LogP contribution in [0.3, 0.4) is 0 Å². The molecule has 2 N–H and O–H groups in total. The van der Waals surface area contributed by atoms with E-state index in [2.05, 4.69) is 9.97 Å². The number of aromatic nitrogens is 2. The number of benzene rings is 1. The molecule has 0 spiro atoms. The number of halogens is 1. The van der Waals surface area contributed by atoms with Crippen molar-refractivity contribution in [2.75, 3.05) is 5.75 Å². The van der Waals surface area contributed by atoms with Crippen molar-refractivity contribution < 1.29 is 0 Å². The van der Waals surface area contributed by atoms with Crippen LogP contribution >= 0.6 is 23.4 Å². The molecule has 0 saturated carbocycles. The summed E-state index contributed by atoms with van der Waals surface area (Å²) in [7, 11) is 0. The van der Waals surface area contributed by atoms with E-state index in [0.29, 0.717) is 0 Å². The van der Waals surface area contributed by atoms with Crippen LogP contribution in [0.5, 0.6) is 0 Å². The first-order valence-corrected chi connectivity index (χ1v) is 6.51. The molecule has 0 aliphatic carbocycles. The lowest BCUT2D eigenvalue weighted by Gasteiger charge is -2.10. The molecule has 1 unspecified atom stereocenters. The van der Waals surface area contributed by atoms with E-state index in [4.69, 9.17) is 17.3 Å². The van der Waals surface area contributed by atoms with E-state index in [1.807, 2.05) is 24.3 Å². The maximum atomic E-state index is 6.05. The van der Waals surface area contributed by atoms with Crippen molar-refractivity contribution in [3.8, 4) is 0 Å². The van der Waals surface area contributed by atoms with Crippen LogP contribution in [0.4, 0.5) is 0 Å². The van der Waals surface area contributed by atoms with Gasteiger partial charge in [0.2, 0.25) is 0 Å². The molecular weight excluding hydrogens is 254 g/mol. The molecule has 0 amide bonds. The van der Waals surface area contributed by atoms with Crippen molar-refractivity contribution in [3.63, 3.8) is 0 Å². The molecule has 2 rings (SSSR count). The third kappa shape index (κ3) is 3.70. The van der Waals surface area contributed by atoms with Gasteiger partial charge in [-0.05, 0) is 24.3 Å². The summed E-state index contributed by atoms with van der Waals surface area (Å²) in [6.07, 6.45) is 5.00. The number of nitrogens with two attached hydrogens (primary N) is 1. The third-order valence-corrected chi connectivity index (χ3v) is 3.64. The van der Waals surface area contributed by atoms with Gasteiger partial charge >= 0.3 is 0 Å². The average molecular weight is 266 g/mol. The Morgan fingerprint density at radius 3 is 2.47 bits per heavy atom. The highest BCUT2D eigenvalue weighted by Gasteiger charge is 2.06. The fourth-order valence-electron chi connectivity index (χ4n) is 1.32. The fourth-order valence-corrected chi connectivity index (χ4v) is 2.33. The van der Waals surface area contributed by atoms with Gasteiger partial charge in [-0.25, -0.2) is 9.97 Å². The van der Waals surface area contributed by atoms with E-state index in [-0.39, 0.29) is 6.04 Å². The van der Waals surface area contributed by atoms with Crippen molar-refractivity contribution in [3.05, 3.63) is 53.6 Å². The van der Waals surface area contributed by atoms with Crippen LogP contribution in [-0.4, -0.2) is 15.7 Å². The van der Waals surface area contributed by atoms with Gasteiger partial charge in [0.25, 0.3) is 0 Å². The minimum absolute atomic E-state index is 0.0584. The highest BCUT2D eigenvalue weighted by Crippen LogP contribution is 2.24. The summed E-state index contributed by atoms with van der Waals surface area (Å²) in [5.74, 6) is 0.787.